The summed E-state index contributed by atoms with van der Waals surface area (Å²) in [6.45, 7) is 0. The molecule has 0 bridgehead atoms. The first-order valence-corrected chi connectivity index (χ1v) is 7.60. The van der Waals surface area contributed by atoms with E-state index in [1.54, 1.807) is 24.4 Å². The molecule has 2 aromatic rings. The van der Waals surface area contributed by atoms with E-state index in [0.717, 1.165) is 0 Å². The van der Waals surface area contributed by atoms with Crippen molar-refractivity contribution < 1.29 is 14.6 Å². The van der Waals surface area contributed by atoms with E-state index in [1.165, 1.54) is 19.5 Å². The number of amides is 1. The molecule has 1 amide bonds. The zero-order valence-electron chi connectivity index (χ0n) is 11.4. The highest BCUT2D eigenvalue weighted by Gasteiger charge is 2.08. The van der Waals surface area contributed by atoms with Gasteiger partial charge in [-0.2, -0.15) is 5.10 Å². The second kappa shape index (κ2) is 7.37. The summed E-state index contributed by atoms with van der Waals surface area (Å²) in [6, 6.07) is 4.88. The number of rotatable bonds is 4. The lowest BCUT2D eigenvalue weighted by atomic mass is 10.2. The second-order valence-corrected chi connectivity index (χ2v) is 5.91. The van der Waals surface area contributed by atoms with Crippen LogP contribution in [0.5, 0.6) is 11.5 Å². The number of halogens is 2. The van der Waals surface area contributed by atoms with Crippen LogP contribution in [0.2, 0.25) is 0 Å². The molecule has 0 radical (unpaired) electrons. The molecule has 1 aromatic carbocycles. The Morgan fingerprint density at radius 2 is 2.14 bits per heavy atom. The van der Waals surface area contributed by atoms with Crippen LogP contribution in [0.3, 0.4) is 0 Å². The van der Waals surface area contributed by atoms with Crippen molar-refractivity contribution >= 4 is 44.0 Å². The maximum atomic E-state index is 11.9. The molecule has 0 spiro atoms. The van der Waals surface area contributed by atoms with E-state index in [0.29, 0.717) is 25.8 Å². The van der Waals surface area contributed by atoms with Crippen molar-refractivity contribution in [2.24, 2.45) is 5.10 Å². The highest BCUT2D eigenvalue weighted by molar-refractivity contribution is 9.10. The summed E-state index contributed by atoms with van der Waals surface area (Å²) >= 11 is 6.45. The third kappa shape index (κ3) is 4.05. The number of carbonyl (C=O) groups is 1. The third-order valence-corrected chi connectivity index (χ3v) is 3.66. The number of nitrogens with one attached hydrogen (secondary N) is 1. The molecule has 0 saturated carbocycles. The lowest BCUT2D eigenvalue weighted by Gasteiger charge is -2.06. The minimum atomic E-state index is -0.380. The summed E-state index contributed by atoms with van der Waals surface area (Å²) in [6.07, 6.45) is 4.46. The van der Waals surface area contributed by atoms with Gasteiger partial charge >= 0.3 is 0 Å². The van der Waals surface area contributed by atoms with E-state index in [9.17, 15) is 9.90 Å². The van der Waals surface area contributed by atoms with E-state index in [4.69, 9.17) is 4.74 Å². The number of phenols is 1. The number of aromatic nitrogens is 1. The predicted octanol–water partition coefficient (Wildman–Crippen LogP) is 3.08. The number of methoxy groups -OCH3 is 1. The first kappa shape index (κ1) is 16.4. The molecule has 6 nitrogen and oxygen atoms in total. The number of aromatic hydroxyl groups is 1. The van der Waals surface area contributed by atoms with E-state index in [1.807, 2.05) is 0 Å². The fourth-order valence-corrected chi connectivity index (χ4v) is 2.41. The molecule has 8 heteroatoms. The van der Waals surface area contributed by atoms with E-state index >= 15 is 0 Å². The lowest BCUT2D eigenvalue weighted by Crippen LogP contribution is -2.17. The Morgan fingerprint density at radius 3 is 2.82 bits per heavy atom. The van der Waals surface area contributed by atoms with Gasteiger partial charge in [0.15, 0.2) is 11.5 Å². The standard InChI is InChI=1S/C14H11Br2N3O3/c1-22-12-3-8(2-11(16)13(12)20)5-18-19-14(21)9-4-10(15)7-17-6-9/h2-7,20H,1H3,(H,19,21)/b18-5-. The van der Waals surface area contributed by atoms with Crippen LogP contribution in [0.15, 0.2) is 44.6 Å². The zero-order chi connectivity index (χ0) is 16.1. The number of hydrogen-bond donors (Lipinski definition) is 2. The fraction of sp³-hybridized carbons (Fsp3) is 0.0714. The maximum absolute atomic E-state index is 11.9. The van der Waals surface area contributed by atoms with Gasteiger partial charge in [-0.15, -0.1) is 0 Å². The van der Waals surface area contributed by atoms with Crippen LogP contribution in [0.25, 0.3) is 0 Å². The van der Waals surface area contributed by atoms with Gasteiger partial charge in [-0.3, -0.25) is 9.78 Å². The summed E-state index contributed by atoms with van der Waals surface area (Å²) in [5, 5.41) is 13.6. The number of phenolic OH excluding ortho intramolecular Hbond substituents is 1. The molecule has 22 heavy (non-hydrogen) atoms. The quantitative estimate of drug-likeness (QED) is 0.578. The Kier molecular flexibility index (Phi) is 5.51. The molecular formula is C14H11Br2N3O3. The van der Waals surface area contributed by atoms with Gasteiger partial charge in [0.25, 0.3) is 5.91 Å². The van der Waals surface area contributed by atoms with E-state index < -0.39 is 0 Å². The highest BCUT2D eigenvalue weighted by atomic mass is 79.9. The summed E-state index contributed by atoms with van der Waals surface area (Å²) in [5.74, 6) is -0.0721. The van der Waals surface area contributed by atoms with Crippen LogP contribution in [-0.2, 0) is 0 Å². The van der Waals surface area contributed by atoms with Crippen molar-refractivity contribution in [1.82, 2.24) is 10.4 Å². The van der Waals surface area contributed by atoms with Gasteiger partial charge in [0.2, 0.25) is 0 Å². The van der Waals surface area contributed by atoms with Crippen LogP contribution < -0.4 is 10.2 Å². The number of nitrogens with zero attached hydrogens (tertiary/aromatic N) is 2. The minimum absolute atomic E-state index is 0.00361. The number of hydrazone groups is 1. The van der Waals surface area contributed by atoms with Gasteiger partial charge in [-0.25, -0.2) is 5.43 Å². The van der Waals surface area contributed by atoms with Gasteiger partial charge in [0.1, 0.15) is 0 Å². The molecule has 1 aromatic heterocycles. The van der Waals surface area contributed by atoms with Crippen molar-refractivity contribution in [2.75, 3.05) is 7.11 Å². The number of ether oxygens (including phenoxy) is 1. The molecule has 0 saturated heterocycles. The smallest absolute Gasteiger partial charge is 0.272 e. The van der Waals surface area contributed by atoms with Crippen molar-refractivity contribution in [2.45, 2.75) is 0 Å². The average molecular weight is 429 g/mol. The molecule has 2 N–H and O–H groups in total. The van der Waals surface area contributed by atoms with Crippen LogP contribution in [-0.4, -0.2) is 29.3 Å². The molecule has 1 heterocycles. The van der Waals surface area contributed by atoms with Crippen LogP contribution in [0.4, 0.5) is 0 Å². The Balaban J connectivity index is 2.10. The molecule has 0 atom stereocenters. The molecule has 2 rings (SSSR count). The molecule has 0 aliphatic rings. The monoisotopic (exact) mass is 427 g/mol. The molecule has 0 aliphatic heterocycles. The Bertz CT molecular complexity index is 735. The summed E-state index contributed by atoms with van der Waals surface area (Å²) in [7, 11) is 1.45. The van der Waals surface area contributed by atoms with Crippen LogP contribution in [0, 0.1) is 0 Å². The van der Waals surface area contributed by atoms with Gasteiger partial charge in [-0.05, 0) is 55.6 Å². The Morgan fingerprint density at radius 1 is 1.36 bits per heavy atom. The predicted molar refractivity (Wildman–Crippen MR) is 89.4 cm³/mol. The summed E-state index contributed by atoms with van der Waals surface area (Å²) in [5.41, 5.74) is 3.43. The number of carbonyl (C=O) groups excluding carboxylic acids is 1. The van der Waals surface area contributed by atoms with Crippen molar-refractivity contribution in [1.29, 1.82) is 0 Å². The van der Waals surface area contributed by atoms with Crippen LogP contribution >= 0.6 is 31.9 Å². The Labute approximate surface area is 143 Å². The minimum Gasteiger partial charge on any atom is -0.503 e. The SMILES string of the molecule is COc1cc(/C=N\NC(=O)c2cncc(Br)c2)cc(Br)c1O. The third-order valence-electron chi connectivity index (χ3n) is 2.62. The Hall–Kier alpha value is -1.93. The number of pyridine rings is 1. The van der Waals surface area contributed by atoms with Gasteiger partial charge in [0, 0.05) is 16.9 Å². The van der Waals surface area contributed by atoms with Crippen molar-refractivity contribution in [3.8, 4) is 11.5 Å². The van der Waals surface area contributed by atoms with E-state index in [2.05, 4.69) is 47.4 Å². The first-order valence-electron chi connectivity index (χ1n) is 6.01. The summed E-state index contributed by atoms with van der Waals surface area (Å²) in [4.78, 5) is 15.8. The molecule has 0 aliphatic carbocycles. The first-order chi connectivity index (χ1) is 10.5. The lowest BCUT2D eigenvalue weighted by molar-refractivity contribution is 0.0954. The maximum Gasteiger partial charge on any atom is 0.272 e. The average Bonchev–Trinajstić information content (AvgIpc) is 2.50. The van der Waals surface area contributed by atoms with Crippen molar-refractivity contribution in [3.05, 3.63) is 50.7 Å². The highest BCUT2D eigenvalue weighted by Crippen LogP contribution is 2.34. The molecule has 114 valence electrons. The van der Waals surface area contributed by atoms with Crippen molar-refractivity contribution in [3.63, 3.8) is 0 Å². The molecular weight excluding hydrogens is 418 g/mol. The molecule has 0 unspecified atom stereocenters. The largest absolute Gasteiger partial charge is 0.503 e. The topological polar surface area (TPSA) is 83.8 Å². The number of benzene rings is 1. The zero-order valence-corrected chi connectivity index (χ0v) is 14.6. The van der Waals surface area contributed by atoms with Crippen LogP contribution in [0.1, 0.15) is 15.9 Å². The second-order valence-electron chi connectivity index (χ2n) is 4.14. The van der Waals surface area contributed by atoms with Gasteiger partial charge in [0.05, 0.1) is 23.4 Å². The van der Waals surface area contributed by atoms with E-state index in [-0.39, 0.29) is 11.7 Å². The number of hydrogen-bond acceptors (Lipinski definition) is 5. The van der Waals surface area contributed by atoms with Gasteiger partial charge in [-0.1, -0.05) is 0 Å². The summed E-state index contributed by atoms with van der Waals surface area (Å²) < 4.78 is 6.21. The fourth-order valence-electron chi connectivity index (χ4n) is 1.59. The normalized spacial score (nSPS) is 10.7. The van der Waals surface area contributed by atoms with Gasteiger partial charge < -0.3 is 9.84 Å². The molecule has 0 fully saturated rings.